The van der Waals surface area contributed by atoms with Crippen molar-refractivity contribution in [3.05, 3.63) is 34.3 Å². The normalized spacial score (nSPS) is 11.6. The molecule has 0 radical (unpaired) electrons. The summed E-state index contributed by atoms with van der Waals surface area (Å²) in [4.78, 5) is 0. The molecule has 0 saturated heterocycles. The Kier molecular flexibility index (Phi) is 2.91. The number of nitrogens with zero attached hydrogens (tertiary/aromatic N) is 1. The highest BCUT2D eigenvalue weighted by molar-refractivity contribution is 9.10. The molecule has 0 spiro atoms. The van der Waals surface area contributed by atoms with E-state index in [-0.39, 0.29) is 5.17 Å². The third-order valence-corrected chi connectivity index (χ3v) is 2.15. The van der Waals surface area contributed by atoms with Crippen LogP contribution in [0.15, 0.2) is 33.9 Å². The maximum atomic E-state index is 8.35. The van der Waals surface area contributed by atoms with Crippen LogP contribution in [0.3, 0.4) is 0 Å². The van der Waals surface area contributed by atoms with Gasteiger partial charge in [0.05, 0.1) is 0 Å². The second-order valence-electron chi connectivity index (χ2n) is 1.87. The molecule has 0 aliphatic rings. The van der Waals surface area contributed by atoms with Crippen LogP contribution in [0.5, 0.6) is 0 Å². The van der Waals surface area contributed by atoms with Gasteiger partial charge >= 0.3 is 0 Å². The van der Waals surface area contributed by atoms with Gasteiger partial charge in [0.1, 0.15) is 0 Å². The maximum absolute atomic E-state index is 8.35. The molecule has 0 aromatic heterocycles. The lowest BCUT2D eigenvalue weighted by Crippen LogP contribution is -1.91. The molecule has 1 aromatic rings. The van der Waals surface area contributed by atoms with Crippen LogP contribution in [0.25, 0.3) is 0 Å². The Hall–Kier alpha value is -0.540. The number of oxime groups is 1. The summed E-state index contributed by atoms with van der Waals surface area (Å²) in [6.07, 6.45) is 0. The van der Waals surface area contributed by atoms with E-state index in [0.29, 0.717) is 5.56 Å². The van der Waals surface area contributed by atoms with Crippen LogP contribution in [0.2, 0.25) is 0 Å². The van der Waals surface area contributed by atoms with Crippen LogP contribution in [0.1, 0.15) is 5.56 Å². The van der Waals surface area contributed by atoms with Gasteiger partial charge < -0.3 is 5.21 Å². The van der Waals surface area contributed by atoms with Crippen LogP contribution < -0.4 is 0 Å². The van der Waals surface area contributed by atoms with E-state index in [4.69, 9.17) is 16.8 Å². The summed E-state index contributed by atoms with van der Waals surface area (Å²) in [5, 5.41) is 11.3. The fourth-order valence-electron chi connectivity index (χ4n) is 0.682. The summed E-state index contributed by atoms with van der Waals surface area (Å²) in [6, 6.07) is 7.25. The standard InChI is InChI=1S/C7H5BrClNO/c8-6-4-2-1-3-5(6)7(9)10-11/h1-4,11H/b10-7-. The van der Waals surface area contributed by atoms with E-state index in [1.165, 1.54) is 0 Å². The lowest BCUT2D eigenvalue weighted by atomic mass is 10.2. The van der Waals surface area contributed by atoms with Gasteiger partial charge in [-0.05, 0) is 6.07 Å². The van der Waals surface area contributed by atoms with Crippen molar-refractivity contribution in [1.29, 1.82) is 0 Å². The van der Waals surface area contributed by atoms with Crippen LogP contribution >= 0.6 is 27.5 Å². The molecular weight excluding hydrogens is 229 g/mol. The molecule has 0 amide bonds. The van der Waals surface area contributed by atoms with Crippen LogP contribution in [0, 0.1) is 0 Å². The van der Waals surface area contributed by atoms with Gasteiger partial charge in [-0.25, -0.2) is 0 Å². The maximum Gasteiger partial charge on any atom is 0.176 e. The average Bonchev–Trinajstić information content (AvgIpc) is 2.04. The summed E-state index contributed by atoms with van der Waals surface area (Å²) < 4.78 is 0.808. The number of halogens is 2. The summed E-state index contributed by atoms with van der Waals surface area (Å²) in [5.41, 5.74) is 0.677. The van der Waals surface area contributed by atoms with Crippen molar-refractivity contribution in [3.8, 4) is 0 Å². The van der Waals surface area contributed by atoms with Crippen LogP contribution in [-0.2, 0) is 0 Å². The van der Waals surface area contributed by atoms with Gasteiger partial charge in [-0.1, -0.05) is 50.9 Å². The highest BCUT2D eigenvalue weighted by Gasteiger charge is 2.02. The molecule has 0 saturated carbocycles. The van der Waals surface area contributed by atoms with Gasteiger partial charge in [-0.15, -0.1) is 0 Å². The van der Waals surface area contributed by atoms with Gasteiger partial charge in [-0.2, -0.15) is 0 Å². The fourth-order valence-corrected chi connectivity index (χ4v) is 1.43. The molecule has 1 aromatic carbocycles. The minimum atomic E-state index is 0.0810. The smallest absolute Gasteiger partial charge is 0.176 e. The number of rotatable bonds is 1. The molecule has 58 valence electrons. The van der Waals surface area contributed by atoms with E-state index in [1.54, 1.807) is 6.07 Å². The van der Waals surface area contributed by atoms with Gasteiger partial charge in [-0.3, -0.25) is 0 Å². The molecule has 11 heavy (non-hydrogen) atoms. The Labute approximate surface area is 77.6 Å². The zero-order chi connectivity index (χ0) is 8.27. The zero-order valence-corrected chi connectivity index (χ0v) is 7.80. The van der Waals surface area contributed by atoms with Gasteiger partial charge in [0.2, 0.25) is 0 Å². The SMILES string of the molecule is O/N=C(\Cl)c1ccccc1Br. The molecule has 0 bridgehead atoms. The predicted molar refractivity (Wildman–Crippen MR) is 48.3 cm³/mol. The van der Waals surface area contributed by atoms with E-state index >= 15 is 0 Å². The molecule has 2 nitrogen and oxygen atoms in total. The largest absolute Gasteiger partial charge is 0.410 e. The van der Waals surface area contributed by atoms with Crippen LogP contribution in [0.4, 0.5) is 0 Å². The highest BCUT2D eigenvalue weighted by Crippen LogP contribution is 2.17. The third-order valence-electron chi connectivity index (χ3n) is 1.18. The molecule has 0 aliphatic heterocycles. The van der Waals surface area contributed by atoms with Crippen molar-refractivity contribution in [1.82, 2.24) is 0 Å². The second-order valence-corrected chi connectivity index (χ2v) is 3.08. The summed E-state index contributed by atoms with van der Waals surface area (Å²) >= 11 is 8.83. The quantitative estimate of drug-likeness (QED) is 0.452. The summed E-state index contributed by atoms with van der Waals surface area (Å²) in [5.74, 6) is 0. The number of hydrogen-bond donors (Lipinski definition) is 1. The first-order chi connectivity index (χ1) is 5.25. The van der Waals surface area contributed by atoms with E-state index in [1.807, 2.05) is 18.2 Å². The Morgan fingerprint density at radius 3 is 2.64 bits per heavy atom. The molecule has 0 heterocycles. The zero-order valence-electron chi connectivity index (χ0n) is 5.46. The van der Waals surface area contributed by atoms with E-state index in [9.17, 15) is 0 Å². The van der Waals surface area contributed by atoms with Crippen LogP contribution in [-0.4, -0.2) is 10.4 Å². The van der Waals surface area contributed by atoms with Crippen molar-refractivity contribution in [3.63, 3.8) is 0 Å². The first-order valence-corrected chi connectivity index (χ1v) is 4.05. The Balaban J connectivity index is 3.14. The molecule has 0 aliphatic carbocycles. The molecule has 1 rings (SSSR count). The summed E-state index contributed by atoms with van der Waals surface area (Å²) in [7, 11) is 0. The van der Waals surface area contributed by atoms with E-state index in [2.05, 4.69) is 21.1 Å². The number of hydrogen-bond acceptors (Lipinski definition) is 2. The average molecular weight is 234 g/mol. The van der Waals surface area contributed by atoms with Crippen molar-refractivity contribution >= 4 is 32.7 Å². The summed E-state index contributed by atoms with van der Waals surface area (Å²) in [6.45, 7) is 0. The van der Waals surface area contributed by atoms with Gasteiger partial charge in [0.15, 0.2) is 5.17 Å². The van der Waals surface area contributed by atoms with E-state index in [0.717, 1.165) is 4.47 Å². The lowest BCUT2D eigenvalue weighted by molar-refractivity contribution is 0.321. The molecule has 0 unspecified atom stereocenters. The highest BCUT2D eigenvalue weighted by atomic mass is 79.9. The minimum Gasteiger partial charge on any atom is -0.410 e. The molecular formula is C7H5BrClNO. The van der Waals surface area contributed by atoms with E-state index < -0.39 is 0 Å². The monoisotopic (exact) mass is 233 g/mol. The first kappa shape index (κ1) is 8.56. The fraction of sp³-hybridized carbons (Fsp3) is 0. The molecule has 0 fully saturated rings. The van der Waals surface area contributed by atoms with Crippen molar-refractivity contribution < 1.29 is 5.21 Å². The topological polar surface area (TPSA) is 32.6 Å². The van der Waals surface area contributed by atoms with Crippen molar-refractivity contribution in [2.24, 2.45) is 5.16 Å². The Morgan fingerprint density at radius 1 is 1.45 bits per heavy atom. The first-order valence-electron chi connectivity index (χ1n) is 2.88. The molecule has 1 N–H and O–H groups in total. The van der Waals surface area contributed by atoms with Gasteiger partial charge in [0.25, 0.3) is 0 Å². The van der Waals surface area contributed by atoms with Crippen molar-refractivity contribution in [2.75, 3.05) is 0 Å². The number of benzene rings is 1. The molecule has 4 heteroatoms. The minimum absolute atomic E-state index is 0.0810. The van der Waals surface area contributed by atoms with Gasteiger partial charge in [0, 0.05) is 10.0 Å². The lowest BCUT2D eigenvalue weighted by Gasteiger charge is -1.97. The Bertz CT molecular complexity index is 288. The predicted octanol–water partition coefficient (Wildman–Crippen LogP) is 2.82. The third kappa shape index (κ3) is 1.94. The molecule has 0 atom stereocenters. The Morgan fingerprint density at radius 2 is 2.09 bits per heavy atom. The van der Waals surface area contributed by atoms with Crippen molar-refractivity contribution in [2.45, 2.75) is 0 Å². The second kappa shape index (κ2) is 3.74.